The van der Waals surface area contributed by atoms with Crippen molar-refractivity contribution in [2.75, 3.05) is 5.75 Å². The molecule has 0 bridgehead atoms. The Balaban J connectivity index is 2.18. The molecule has 1 aliphatic heterocycles. The Morgan fingerprint density at radius 2 is 2.23 bits per heavy atom. The van der Waals surface area contributed by atoms with Crippen LogP contribution in [0.2, 0.25) is 0 Å². The van der Waals surface area contributed by atoms with E-state index in [9.17, 15) is 0 Å². The van der Waals surface area contributed by atoms with E-state index in [0.717, 1.165) is 5.92 Å². The summed E-state index contributed by atoms with van der Waals surface area (Å²) >= 11 is 2.04. The van der Waals surface area contributed by atoms with Crippen molar-refractivity contribution in [3.05, 3.63) is 35.3 Å². The third-order valence-electron chi connectivity index (χ3n) is 2.76. The van der Waals surface area contributed by atoms with Crippen LogP contribution in [0.4, 0.5) is 0 Å². The summed E-state index contributed by atoms with van der Waals surface area (Å²) in [5.74, 6) is 2.73. The largest absolute Gasteiger partial charge is 0.131 e. The zero-order valence-corrected chi connectivity index (χ0v) is 8.89. The maximum absolute atomic E-state index is 2.46. The van der Waals surface area contributed by atoms with Crippen molar-refractivity contribution < 1.29 is 0 Å². The number of fused-ring (bicyclic) bond motifs is 1. The molecule has 0 aromatic heterocycles. The molecule has 0 aromatic carbocycles. The van der Waals surface area contributed by atoms with E-state index in [2.05, 4.69) is 37.3 Å². The molecule has 0 amide bonds. The van der Waals surface area contributed by atoms with Crippen LogP contribution in [0.15, 0.2) is 35.3 Å². The standard InChI is InChI=1S/C12H16S/c1-2-12-9-11-6-4-3-5-10(11)7-8-13-12/h3-6,9-11H,2,7-8H2,1H3. The topological polar surface area (TPSA) is 0 Å². The lowest BCUT2D eigenvalue weighted by atomic mass is 9.86. The van der Waals surface area contributed by atoms with Crippen LogP contribution in [0, 0.1) is 11.8 Å². The highest BCUT2D eigenvalue weighted by Gasteiger charge is 2.19. The van der Waals surface area contributed by atoms with E-state index in [1.165, 1.54) is 18.6 Å². The molecule has 2 aliphatic rings. The Kier molecular flexibility index (Phi) is 2.94. The molecule has 1 heteroatoms. The molecule has 0 radical (unpaired) electrons. The van der Waals surface area contributed by atoms with Gasteiger partial charge in [0.25, 0.3) is 0 Å². The molecule has 2 unspecified atom stereocenters. The van der Waals surface area contributed by atoms with Crippen molar-refractivity contribution in [2.24, 2.45) is 11.8 Å². The van der Waals surface area contributed by atoms with Gasteiger partial charge in [0.1, 0.15) is 0 Å². The van der Waals surface area contributed by atoms with Crippen LogP contribution in [0.3, 0.4) is 0 Å². The second-order valence-corrected chi connectivity index (χ2v) is 4.86. The van der Waals surface area contributed by atoms with Gasteiger partial charge in [0.15, 0.2) is 0 Å². The molecule has 0 aromatic rings. The first kappa shape index (κ1) is 9.14. The molecular formula is C12H16S. The van der Waals surface area contributed by atoms with E-state index in [1.807, 2.05) is 11.8 Å². The Bertz CT molecular complexity index is 260. The second kappa shape index (κ2) is 4.19. The highest BCUT2D eigenvalue weighted by molar-refractivity contribution is 8.03. The molecule has 0 spiro atoms. The van der Waals surface area contributed by atoms with E-state index >= 15 is 0 Å². The number of allylic oxidation sites excluding steroid dienone is 6. The second-order valence-electron chi connectivity index (χ2n) is 3.63. The maximum atomic E-state index is 2.46. The van der Waals surface area contributed by atoms with Crippen molar-refractivity contribution >= 4 is 11.8 Å². The lowest BCUT2D eigenvalue weighted by Crippen LogP contribution is -2.09. The quantitative estimate of drug-likeness (QED) is 0.609. The van der Waals surface area contributed by atoms with Crippen molar-refractivity contribution in [3.8, 4) is 0 Å². The van der Waals surface area contributed by atoms with Crippen LogP contribution in [-0.2, 0) is 0 Å². The minimum Gasteiger partial charge on any atom is -0.131 e. The Morgan fingerprint density at radius 1 is 1.38 bits per heavy atom. The number of hydrogen-bond acceptors (Lipinski definition) is 1. The number of thioether (sulfide) groups is 1. The smallest absolute Gasteiger partial charge is 0.00238 e. The van der Waals surface area contributed by atoms with Crippen molar-refractivity contribution in [2.45, 2.75) is 19.8 Å². The van der Waals surface area contributed by atoms with E-state index in [1.54, 1.807) is 4.91 Å². The Labute approximate surface area is 84.8 Å². The molecule has 1 heterocycles. The first-order valence-corrected chi connectivity index (χ1v) is 6.07. The van der Waals surface area contributed by atoms with E-state index < -0.39 is 0 Å². The lowest BCUT2D eigenvalue weighted by molar-refractivity contribution is 0.540. The first-order valence-electron chi connectivity index (χ1n) is 5.08. The summed E-state index contributed by atoms with van der Waals surface area (Å²) in [5.41, 5.74) is 0. The van der Waals surface area contributed by atoms with Gasteiger partial charge in [-0.3, -0.25) is 0 Å². The summed E-state index contributed by atoms with van der Waals surface area (Å²) in [5, 5.41) is 0. The van der Waals surface area contributed by atoms with Crippen molar-refractivity contribution in [1.82, 2.24) is 0 Å². The van der Waals surface area contributed by atoms with Crippen LogP contribution >= 0.6 is 11.8 Å². The fourth-order valence-electron chi connectivity index (χ4n) is 1.95. The van der Waals surface area contributed by atoms with Gasteiger partial charge in [-0.1, -0.05) is 37.3 Å². The third kappa shape index (κ3) is 2.08. The third-order valence-corrected chi connectivity index (χ3v) is 4.00. The molecule has 2 atom stereocenters. The van der Waals surface area contributed by atoms with E-state index in [4.69, 9.17) is 0 Å². The lowest BCUT2D eigenvalue weighted by Gasteiger charge is -2.18. The van der Waals surface area contributed by atoms with Gasteiger partial charge >= 0.3 is 0 Å². The van der Waals surface area contributed by atoms with Crippen LogP contribution in [-0.4, -0.2) is 5.75 Å². The van der Waals surface area contributed by atoms with Gasteiger partial charge in [-0.25, -0.2) is 0 Å². The molecule has 0 fully saturated rings. The highest BCUT2D eigenvalue weighted by Crippen LogP contribution is 2.34. The molecule has 2 rings (SSSR count). The maximum Gasteiger partial charge on any atom is 0.00238 e. The summed E-state index contributed by atoms with van der Waals surface area (Å²) in [6.07, 6.45) is 14.1. The normalized spacial score (nSPS) is 32.2. The molecule has 0 saturated carbocycles. The highest BCUT2D eigenvalue weighted by atomic mass is 32.2. The monoisotopic (exact) mass is 192 g/mol. The van der Waals surface area contributed by atoms with Gasteiger partial charge in [0.2, 0.25) is 0 Å². The minimum atomic E-state index is 0.676. The Hall–Kier alpha value is -0.430. The SMILES string of the molecule is CCC1=CC2C=CC=CC2CCS1. The molecule has 70 valence electrons. The fourth-order valence-corrected chi connectivity index (χ4v) is 3.06. The molecule has 1 aliphatic carbocycles. The molecule has 0 nitrogen and oxygen atoms in total. The molecule has 0 N–H and O–H groups in total. The average molecular weight is 192 g/mol. The van der Waals surface area contributed by atoms with Gasteiger partial charge in [-0.2, -0.15) is 0 Å². The average Bonchev–Trinajstić information content (AvgIpc) is 2.38. The van der Waals surface area contributed by atoms with Crippen molar-refractivity contribution in [1.29, 1.82) is 0 Å². The zero-order chi connectivity index (χ0) is 9.10. The van der Waals surface area contributed by atoms with E-state index in [-0.39, 0.29) is 0 Å². The Morgan fingerprint density at radius 3 is 3.08 bits per heavy atom. The molecular weight excluding hydrogens is 176 g/mol. The summed E-state index contributed by atoms with van der Waals surface area (Å²) < 4.78 is 0. The number of hydrogen-bond donors (Lipinski definition) is 0. The van der Waals surface area contributed by atoms with Crippen LogP contribution in [0.5, 0.6) is 0 Å². The van der Waals surface area contributed by atoms with E-state index in [0.29, 0.717) is 5.92 Å². The van der Waals surface area contributed by atoms with Gasteiger partial charge in [-0.05, 0) is 29.4 Å². The summed E-state index contributed by atoms with van der Waals surface area (Å²) in [6.45, 7) is 2.25. The number of rotatable bonds is 1. The predicted octanol–water partition coefficient (Wildman–Crippen LogP) is 3.78. The predicted molar refractivity (Wildman–Crippen MR) is 60.7 cm³/mol. The summed E-state index contributed by atoms with van der Waals surface area (Å²) in [7, 11) is 0. The van der Waals surface area contributed by atoms with Crippen LogP contribution in [0.1, 0.15) is 19.8 Å². The van der Waals surface area contributed by atoms with Crippen molar-refractivity contribution in [3.63, 3.8) is 0 Å². The van der Waals surface area contributed by atoms with Gasteiger partial charge < -0.3 is 0 Å². The molecule has 0 saturated heterocycles. The minimum absolute atomic E-state index is 0.676. The van der Waals surface area contributed by atoms with Gasteiger partial charge in [0, 0.05) is 5.92 Å². The van der Waals surface area contributed by atoms with Gasteiger partial charge in [0.05, 0.1) is 0 Å². The summed E-state index contributed by atoms with van der Waals surface area (Å²) in [6, 6.07) is 0. The van der Waals surface area contributed by atoms with Gasteiger partial charge in [-0.15, -0.1) is 11.8 Å². The summed E-state index contributed by atoms with van der Waals surface area (Å²) in [4.78, 5) is 1.58. The fraction of sp³-hybridized carbons (Fsp3) is 0.500. The van der Waals surface area contributed by atoms with Crippen LogP contribution in [0.25, 0.3) is 0 Å². The molecule has 13 heavy (non-hydrogen) atoms. The zero-order valence-electron chi connectivity index (χ0n) is 8.07. The first-order chi connectivity index (χ1) is 6.40. The van der Waals surface area contributed by atoms with Crippen LogP contribution < -0.4 is 0 Å².